The van der Waals surface area contributed by atoms with E-state index in [-0.39, 0.29) is 18.8 Å². The Balaban J connectivity index is 2.53. The Bertz CT molecular complexity index is 193. The Morgan fingerprint density at radius 3 is 2.54 bits per heavy atom. The van der Waals surface area contributed by atoms with Crippen LogP contribution in [-0.2, 0) is 9.53 Å². The first-order valence-electron chi connectivity index (χ1n) is 4.17. The highest BCUT2D eigenvalue weighted by Gasteiger charge is 2.37. The summed E-state index contributed by atoms with van der Waals surface area (Å²) in [4.78, 5) is 10.7. The second kappa shape index (κ2) is 4.15. The predicted octanol–water partition coefficient (Wildman–Crippen LogP) is -1.55. The monoisotopic (exact) mass is 190 g/mol. The Morgan fingerprint density at radius 2 is 2.00 bits per heavy atom. The molecule has 13 heavy (non-hydrogen) atoms. The van der Waals surface area contributed by atoms with Crippen LogP contribution in [0.4, 0.5) is 0 Å². The second-order valence-corrected chi connectivity index (χ2v) is 3.33. The SMILES string of the molecule is CC(=O)CC1OC[C@@H](O)[C@H](O)[C@@H]1O. The molecule has 4 atom stereocenters. The van der Waals surface area contributed by atoms with E-state index in [2.05, 4.69) is 0 Å². The Kier molecular flexibility index (Phi) is 3.38. The standard InChI is InChI=1S/C8H14O5/c1-4(9)2-6-8(12)7(11)5(10)3-13-6/h5-8,10-12H,2-3H2,1H3/t5-,6?,7+,8-/m1/s1. The molecular weight excluding hydrogens is 176 g/mol. The maximum absolute atomic E-state index is 10.7. The maximum Gasteiger partial charge on any atom is 0.132 e. The molecule has 0 aliphatic carbocycles. The minimum atomic E-state index is -1.22. The van der Waals surface area contributed by atoms with Crippen molar-refractivity contribution in [2.24, 2.45) is 0 Å². The summed E-state index contributed by atoms with van der Waals surface area (Å²) in [6.07, 6.45) is -4.12. The highest BCUT2D eigenvalue weighted by molar-refractivity contribution is 5.76. The fraction of sp³-hybridized carbons (Fsp3) is 0.875. The van der Waals surface area contributed by atoms with Gasteiger partial charge >= 0.3 is 0 Å². The van der Waals surface area contributed by atoms with Gasteiger partial charge in [-0.05, 0) is 6.92 Å². The van der Waals surface area contributed by atoms with Gasteiger partial charge in [0.1, 0.15) is 24.1 Å². The van der Waals surface area contributed by atoms with Crippen LogP contribution in [-0.4, -0.2) is 52.1 Å². The van der Waals surface area contributed by atoms with Gasteiger partial charge in [-0.2, -0.15) is 0 Å². The van der Waals surface area contributed by atoms with E-state index in [0.29, 0.717) is 0 Å². The number of rotatable bonds is 2. The minimum absolute atomic E-state index is 0.0455. The van der Waals surface area contributed by atoms with Gasteiger partial charge in [0, 0.05) is 6.42 Å². The van der Waals surface area contributed by atoms with Gasteiger partial charge in [-0.3, -0.25) is 4.79 Å². The van der Waals surface area contributed by atoms with E-state index in [4.69, 9.17) is 9.84 Å². The van der Waals surface area contributed by atoms with Crippen molar-refractivity contribution in [3.8, 4) is 0 Å². The fourth-order valence-corrected chi connectivity index (χ4v) is 1.33. The first-order valence-corrected chi connectivity index (χ1v) is 4.17. The van der Waals surface area contributed by atoms with E-state index >= 15 is 0 Å². The van der Waals surface area contributed by atoms with Crippen LogP contribution >= 0.6 is 0 Å². The minimum Gasteiger partial charge on any atom is -0.388 e. The van der Waals surface area contributed by atoms with Crippen molar-refractivity contribution in [2.75, 3.05) is 6.61 Å². The zero-order chi connectivity index (χ0) is 10.0. The van der Waals surface area contributed by atoms with Gasteiger partial charge in [0.2, 0.25) is 0 Å². The largest absolute Gasteiger partial charge is 0.388 e. The lowest BCUT2D eigenvalue weighted by atomic mass is 9.97. The van der Waals surface area contributed by atoms with Crippen molar-refractivity contribution in [3.63, 3.8) is 0 Å². The highest BCUT2D eigenvalue weighted by atomic mass is 16.5. The number of hydrogen-bond acceptors (Lipinski definition) is 5. The molecule has 1 aliphatic heterocycles. The van der Waals surface area contributed by atoms with Gasteiger partial charge in [0.05, 0.1) is 12.7 Å². The molecule has 0 amide bonds. The van der Waals surface area contributed by atoms with E-state index in [1.165, 1.54) is 6.92 Å². The van der Waals surface area contributed by atoms with Gasteiger partial charge in [-0.15, -0.1) is 0 Å². The molecule has 76 valence electrons. The van der Waals surface area contributed by atoms with Crippen molar-refractivity contribution in [3.05, 3.63) is 0 Å². The summed E-state index contributed by atoms with van der Waals surface area (Å²) in [6.45, 7) is 1.34. The average Bonchev–Trinajstić information content (AvgIpc) is 2.06. The molecule has 1 fully saturated rings. The third kappa shape index (κ3) is 2.47. The summed E-state index contributed by atoms with van der Waals surface area (Å²) in [5, 5.41) is 27.7. The summed E-state index contributed by atoms with van der Waals surface area (Å²) in [5.41, 5.74) is 0. The van der Waals surface area contributed by atoms with Gasteiger partial charge in [-0.1, -0.05) is 0 Å². The maximum atomic E-state index is 10.7. The second-order valence-electron chi connectivity index (χ2n) is 3.33. The molecule has 1 heterocycles. The number of Topliss-reactive ketones (excluding diaryl/α,β-unsaturated/α-hetero) is 1. The van der Waals surface area contributed by atoms with E-state index in [1.807, 2.05) is 0 Å². The van der Waals surface area contributed by atoms with Crippen LogP contribution < -0.4 is 0 Å². The Labute approximate surface area is 75.9 Å². The molecule has 3 N–H and O–H groups in total. The molecule has 0 radical (unpaired) electrons. The van der Waals surface area contributed by atoms with E-state index in [0.717, 1.165) is 0 Å². The fourth-order valence-electron chi connectivity index (χ4n) is 1.33. The van der Waals surface area contributed by atoms with Crippen molar-refractivity contribution in [1.29, 1.82) is 0 Å². The van der Waals surface area contributed by atoms with Crippen LogP contribution in [0.5, 0.6) is 0 Å². The molecular formula is C8H14O5. The van der Waals surface area contributed by atoms with Crippen molar-refractivity contribution >= 4 is 5.78 Å². The van der Waals surface area contributed by atoms with Crippen molar-refractivity contribution in [1.82, 2.24) is 0 Å². The van der Waals surface area contributed by atoms with E-state index in [9.17, 15) is 15.0 Å². The molecule has 1 aliphatic rings. The van der Waals surface area contributed by atoms with Crippen LogP contribution in [0, 0.1) is 0 Å². The van der Waals surface area contributed by atoms with E-state index < -0.39 is 24.4 Å². The van der Waals surface area contributed by atoms with Crippen LogP contribution in [0.3, 0.4) is 0 Å². The first-order chi connectivity index (χ1) is 6.02. The molecule has 1 rings (SSSR count). The lowest BCUT2D eigenvalue weighted by molar-refractivity contribution is -0.188. The quantitative estimate of drug-likeness (QED) is 0.490. The smallest absolute Gasteiger partial charge is 0.132 e. The Hall–Kier alpha value is -0.490. The number of hydrogen-bond donors (Lipinski definition) is 3. The topological polar surface area (TPSA) is 87.0 Å². The summed E-state index contributed by atoms with van der Waals surface area (Å²) < 4.78 is 5.00. The number of carbonyl (C=O) groups excluding carboxylic acids is 1. The summed E-state index contributed by atoms with van der Waals surface area (Å²) >= 11 is 0. The molecule has 0 bridgehead atoms. The van der Waals surface area contributed by atoms with Gasteiger partial charge in [0.15, 0.2) is 0 Å². The van der Waals surface area contributed by atoms with E-state index in [1.54, 1.807) is 0 Å². The molecule has 0 spiro atoms. The summed E-state index contributed by atoms with van der Waals surface area (Å²) in [5.74, 6) is -0.118. The number of ether oxygens (including phenoxy) is 1. The normalized spacial score (nSPS) is 40.3. The molecule has 5 nitrogen and oxygen atoms in total. The number of carbonyl (C=O) groups is 1. The molecule has 0 aromatic heterocycles. The average molecular weight is 190 g/mol. The summed E-state index contributed by atoms with van der Waals surface area (Å²) in [7, 11) is 0. The molecule has 5 heteroatoms. The first kappa shape index (κ1) is 10.6. The molecule has 0 aromatic rings. The van der Waals surface area contributed by atoms with Gasteiger partial charge < -0.3 is 20.1 Å². The predicted molar refractivity (Wildman–Crippen MR) is 43.1 cm³/mol. The van der Waals surface area contributed by atoms with Crippen LogP contribution in [0.1, 0.15) is 13.3 Å². The van der Waals surface area contributed by atoms with Crippen LogP contribution in [0.15, 0.2) is 0 Å². The lowest BCUT2D eigenvalue weighted by Crippen LogP contribution is -2.53. The zero-order valence-electron chi connectivity index (χ0n) is 7.38. The third-order valence-corrected chi connectivity index (χ3v) is 2.09. The molecule has 0 aromatic carbocycles. The highest BCUT2D eigenvalue weighted by Crippen LogP contribution is 2.17. The zero-order valence-corrected chi connectivity index (χ0v) is 7.38. The van der Waals surface area contributed by atoms with Gasteiger partial charge in [-0.25, -0.2) is 0 Å². The molecule has 1 unspecified atom stereocenters. The molecule has 0 saturated carbocycles. The van der Waals surface area contributed by atoms with Crippen LogP contribution in [0.2, 0.25) is 0 Å². The Morgan fingerprint density at radius 1 is 1.38 bits per heavy atom. The molecule has 1 saturated heterocycles. The van der Waals surface area contributed by atoms with Crippen molar-refractivity contribution in [2.45, 2.75) is 37.8 Å². The lowest BCUT2D eigenvalue weighted by Gasteiger charge is -2.34. The third-order valence-electron chi connectivity index (χ3n) is 2.09. The number of ketones is 1. The summed E-state index contributed by atoms with van der Waals surface area (Å²) in [6, 6.07) is 0. The van der Waals surface area contributed by atoms with Crippen molar-refractivity contribution < 1.29 is 24.9 Å². The number of aliphatic hydroxyl groups excluding tert-OH is 3. The number of aliphatic hydroxyl groups is 3. The van der Waals surface area contributed by atoms with Gasteiger partial charge in [0.25, 0.3) is 0 Å². The van der Waals surface area contributed by atoms with Crippen LogP contribution in [0.25, 0.3) is 0 Å².